The molecule has 0 radical (unpaired) electrons. The van der Waals surface area contributed by atoms with Gasteiger partial charge in [-0.15, -0.1) is 0 Å². The first-order valence-electron chi connectivity index (χ1n) is 7.21. The van der Waals surface area contributed by atoms with Crippen LogP contribution in [0, 0.1) is 11.7 Å². The molecule has 0 spiro atoms. The van der Waals surface area contributed by atoms with E-state index in [1.807, 2.05) is 0 Å². The van der Waals surface area contributed by atoms with Crippen LogP contribution in [0.2, 0.25) is 5.02 Å². The molecule has 1 aliphatic carbocycles. The number of aliphatic carboxylic acids is 1. The topological polar surface area (TPSA) is 66.4 Å². The highest BCUT2D eigenvalue weighted by atomic mass is 35.5. The third-order valence-electron chi connectivity index (χ3n) is 4.29. The zero-order valence-electron chi connectivity index (χ0n) is 12.5. The molecule has 1 aromatic rings. The van der Waals surface area contributed by atoms with E-state index in [9.17, 15) is 14.0 Å². The van der Waals surface area contributed by atoms with E-state index in [1.54, 1.807) is 19.9 Å². The van der Waals surface area contributed by atoms with Gasteiger partial charge in [-0.25, -0.2) is 4.39 Å². The zero-order chi connectivity index (χ0) is 16.5. The van der Waals surface area contributed by atoms with Gasteiger partial charge in [0.05, 0.1) is 11.3 Å². The highest BCUT2D eigenvalue weighted by Crippen LogP contribution is 2.30. The van der Waals surface area contributed by atoms with Crippen LogP contribution in [0.25, 0.3) is 0 Å². The van der Waals surface area contributed by atoms with E-state index in [0.29, 0.717) is 19.3 Å². The minimum absolute atomic E-state index is 0.178. The quantitative estimate of drug-likeness (QED) is 0.893. The second-order valence-electron chi connectivity index (χ2n) is 6.27. The summed E-state index contributed by atoms with van der Waals surface area (Å²) in [5.74, 6) is -2.09. The lowest BCUT2D eigenvalue weighted by Gasteiger charge is -2.27. The van der Waals surface area contributed by atoms with Crippen molar-refractivity contribution in [2.24, 2.45) is 5.92 Å². The van der Waals surface area contributed by atoms with Crippen LogP contribution < -0.4 is 5.32 Å². The second-order valence-corrected chi connectivity index (χ2v) is 6.70. The SMILES string of the molecule is CC(C)(C(=O)N[C@@H]1CC[C@H](C(=O)O)C1)c1ccc(Cl)cc1F. The Morgan fingerprint density at radius 3 is 2.59 bits per heavy atom. The molecular formula is C16H19ClFNO3. The van der Waals surface area contributed by atoms with Crippen molar-refractivity contribution in [1.29, 1.82) is 0 Å². The van der Waals surface area contributed by atoms with Crippen molar-refractivity contribution in [2.75, 3.05) is 0 Å². The van der Waals surface area contributed by atoms with Crippen LogP contribution in [0.4, 0.5) is 4.39 Å². The van der Waals surface area contributed by atoms with Gasteiger partial charge in [0.1, 0.15) is 5.82 Å². The number of halogens is 2. The van der Waals surface area contributed by atoms with Crippen LogP contribution in [0.5, 0.6) is 0 Å². The molecule has 0 aliphatic heterocycles. The predicted octanol–water partition coefficient (Wildman–Crippen LogP) is 3.13. The van der Waals surface area contributed by atoms with Crippen LogP contribution >= 0.6 is 11.6 Å². The monoisotopic (exact) mass is 327 g/mol. The summed E-state index contributed by atoms with van der Waals surface area (Å²) in [6.45, 7) is 3.27. The Balaban J connectivity index is 2.09. The molecule has 1 saturated carbocycles. The number of amides is 1. The molecule has 1 fully saturated rings. The Morgan fingerprint density at radius 2 is 2.05 bits per heavy atom. The smallest absolute Gasteiger partial charge is 0.306 e. The second kappa shape index (κ2) is 6.24. The van der Waals surface area contributed by atoms with E-state index in [2.05, 4.69) is 5.32 Å². The van der Waals surface area contributed by atoms with Crippen molar-refractivity contribution in [1.82, 2.24) is 5.32 Å². The first-order chi connectivity index (χ1) is 10.2. The summed E-state index contributed by atoms with van der Waals surface area (Å²) in [6.07, 6.45) is 1.60. The summed E-state index contributed by atoms with van der Waals surface area (Å²) in [5.41, 5.74) is -0.794. The maximum absolute atomic E-state index is 14.0. The van der Waals surface area contributed by atoms with E-state index in [0.717, 1.165) is 0 Å². The molecule has 1 aliphatic rings. The van der Waals surface area contributed by atoms with Gasteiger partial charge in [-0.05, 0) is 45.2 Å². The van der Waals surface area contributed by atoms with Crippen molar-refractivity contribution in [3.05, 3.63) is 34.6 Å². The Kier molecular flexibility index (Phi) is 4.75. The van der Waals surface area contributed by atoms with Crippen LogP contribution in [-0.2, 0) is 15.0 Å². The van der Waals surface area contributed by atoms with Crippen LogP contribution in [0.3, 0.4) is 0 Å². The molecule has 0 bridgehead atoms. The summed E-state index contributed by atoms with van der Waals surface area (Å²) in [6, 6.07) is 4.06. The predicted molar refractivity (Wildman–Crippen MR) is 81.3 cm³/mol. The Hall–Kier alpha value is -1.62. The Labute approximate surface area is 133 Å². The third kappa shape index (κ3) is 3.40. The fraction of sp³-hybridized carbons (Fsp3) is 0.500. The normalized spacial score (nSPS) is 21.6. The molecule has 2 rings (SSSR count). The largest absolute Gasteiger partial charge is 0.481 e. The number of carboxylic acids is 1. The van der Waals surface area contributed by atoms with Gasteiger partial charge in [-0.3, -0.25) is 9.59 Å². The van der Waals surface area contributed by atoms with E-state index < -0.39 is 23.1 Å². The average Bonchev–Trinajstić information content (AvgIpc) is 2.86. The summed E-state index contributed by atoms with van der Waals surface area (Å²) in [4.78, 5) is 23.4. The number of benzene rings is 1. The molecular weight excluding hydrogens is 309 g/mol. The molecule has 4 nitrogen and oxygen atoms in total. The molecule has 1 amide bonds. The number of hydrogen-bond acceptors (Lipinski definition) is 2. The molecule has 0 unspecified atom stereocenters. The lowest BCUT2D eigenvalue weighted by Crippen LogP contribution is -2.45. The summed E-state index contributed by atoms with van der Waals surface area (Å²) in [5, 5.41) is 12.1. The molecule has 120 valence electrons. The van der Waals surface area contributed by atoms with Gasteiger partial charge in [0.25, 0.3) is 0 Å². The van der Waals surface area contributed by atoms with Gasteiger partial charge in [0.15, 0.2) is 0 Å². The van der Waals surface area contributed by atoms with Crippen molar-refractivity contribution in [2.45, 2.75) is 44.6 Å². The number of carboxylic acid groups (broad SMARTS) is 1. The van der Waals surface area contributed by atoms with Gasteiger partial charge in [-0.1, -0.05) is 17.7 Å². The average molecular weight is 328 g/mol. The van der Waals surface area contributed by atoms with E-state index in [4.69, 9.17) is 16.7 Å². The summed E-state index contributed by atoms with van der Waals surface area (Å²) >= 11 is 5.73. The minimum atomic E-state index is -1.06. The molecule has 1 aromatic carbocycles. The zero-order valence-corrected chi connectivity index (χ0v) is 13.3. The summed E-state index contributed by atoms with van der Waals surface area (Å²) in [7, 11) is 0. The van der Waals surface area contributed by atoms with Crippen LogP contribution in [0.1, 0.15) is 38.7 Å². The van der Waals surface area contributed by atoms with Crippen LogP contribution in [0.15, 0.2) is 18.2 Å². The minimum Gasteiger partial charge on any atom is -0.481 e. The van der Waals surface area contributed by atoms with Gasteiger partial charge >= 0.3 is 5.97 Å². The third-order valence-corrected chi connectivity index (χ3v) is 4.52. The first kappa shape index (κ1) is 16.7. The van der Waals surface area contributed by atoms with Gasteiger partial charge in [0, 0.05) is 16.6 Å². The van der Waals surface area contributed by atoms with Crippen LogP contribution in [-0.4, -0.2) is 23.0 Å². The number of carbonyl (C=O) groups excluding carboxylic acids is 1. The molecule has 0 heterocycles. The summed E-state index contributed by atoms with van der Waals surface area (Å²) < 4.78 is 14.0. The fourth-order valence-corrected chi connectivity index (χ4v) is 2.98. The highest BCUT2D eigenvalue weighted by molar-refractivity contribution is 6.30. The number of rotatable bonds is 4. The van der Waals surface area contributed by atoms with Crippen molar-refractivity contribution in [3.8, 4) is 0 Å². The van der Waals surface area contributed by atoms with Gasteiger partial charge < -0.3 is 10.4 Å². The Morgan fingerprint density at radius 1 is 1.36 bits per heavy atom. The number of hydrogen-bond donors (Lipinski definition) is 2. The van der Waals surface area contributed by atoms with E-state index in [-0.39, 0.29) is 22.5 Å². The molecule has 0 aromatic heterocycles. The lowest BCUT2D eigenvalue weighted by molar-refractivity contribution is -0.141. The molecule has 2 N–H and O–H groups in total. The number of carbonyl (C=O) groups is 2. The highest BCUT2D eigenvalue weighted by Gasteiger charge is 2.36. The Bertz CT molecular complexity index is 603. The maximum atomic E-state index is 14.0. The molecule has 2 atom stereocenters. The number of nitrogens with one attached hydrogen (secondary N) is 1. The lowest BCUT2D eigenvalue weighted by atomic mass is 9.83. The first-order valence-corrected chi connectivity index (χ1v) is 7.59. The molecule has 0 saturated heterocycles. The van der Waals surface area contributed by atoms with Crippen molar-refractivity contribution < 1.29 is 19.1 Å². The standard InChI is InChI=1S/C16H19ClFNO3/c1-16(2,12-6-4-10(17)8-13(12)18)15(22)19-11-5-3-9(7-11)14(20)21/h4,6,8-9,11H,3,5,7H2,1-2H3,(H,19,22)(H,20,21)/t9-,11+/m0/s1. The van der Waals surface area contributed by atoms with Crippen molar-refractivity contribution >= 4 is 23.5 Å². The molecule has 22 heavy (non-hydrogen) atoms. The molecule has 6 heteroatoms. The maximum Gasteiger partial charge on any atom is 0.306 e. The van der Waals surface area contributed by atoms with Gasteiger partial charge in [-0.2, -0.15) is 0 Å². The van der Waals surface area contributed by atoms with Crippen molar-refractivity contribution in [3.63, 3.8) is 0 Å². The van der Waals surface area contributed by atoms with Gasteiger partial charge in [0.2, 0.25) is 5.91 Å². The fourth-order valence-electron chi connectivity index (χ4n) is 2.82. The van der Waals surface area contributed by atoms with E-state index >= 15 is 0 Å². The van der Waals surface area contributed by atoms with E-state index in [1.165, 1.54) is 12.1 Å².